The Morgan fingerprint density at radius 1 is 1.25 bits per heavy atom. The number of rotatable bonds is 3. The zero-order chi connectivity index (χ0) is 11.2. The van der Waals surface area contributed by atoms with Gasteiger partial charge in [0, 0.05) is 5.56 Å². The van der Waals surface area contributed by atoms with Gasteiger partial charge in [0.2, 0.25) is 5.78 Å². The summed E-state index contributed by atoms with van der Waals surface area (Å²) in [5.41, 5.74) is 0.666. The van der Waals surface area contributed by atoms with Crippen molar-refractivity contribution in [3.8, 4) is 0 Å². The summed E-state index contributed by atoms with van der Waals surface area (Å²) >= 11 is 0. The minimum Gasteiger partial charge on any atom is -0.378 e. The van der Waals surface area contributed by atoms with Crippen LogP contribution in [-0.4, -0.2) is 43.3 Å². The van der Waals surface area contributed by atoms with Gasteiger partial charge in [0.15, 0.2) is 0 Å². The minimum atomic E-state index is -0.0629. The normalized spacial score (nSPS) is 16.6. The number of Topliss-reactive ketones (excluding diaryl/α,β-unsaturated/α-hetero) is 1. The van der Waals surface area contributed by atoms with Crippen LogP contribution in [0.15, 0.2) is 35.4 Å². The third-order valence-electron chi connectivity index (χ3n) is 2.38. The van der Waals surface area contributed by atoms with Gasteiger partial charge in [-0.05, 0) is 0 Å². The molecule has 0 N–H and O–H groups in total. The lowest BCUT2D eigenvalue weighted by Crippen LogP contribution is -2.32. The van der Waals surface area contributed by atoms with Gasteiger partial charge >= 0.3 is 0 Å². The van der Waals surface area contributed by atoms with Gasteiger partial charge in [-0.2, -0.15) is 5.10 Å². The van der Waals surface area contributed by atoms with Gasteiger partial charge in [-0.3, -0.25) is 9.80 Å². The van der Waals surface area contributed by atoms with E-state index in [4.69, 9.17) is 4.74 Å². The highest BCUT2D eigenvalue weighted by atomic mass is 16.5. The van der Waals surface area contributed by atoms with Crippen LogP contribution in [0.2, 0.25) is 0 Å². The standard InChI is InChI=1S/C12H14N2O2/c15-12(11-4-2-1-3-5-11)10-13-14-6-8-16-9-7-14/h1-5,10H,6-9H2. The molecule has 1 fully saturated rings. The van der Waals surface area contributed by atoms with Crippen molar-refractivity contribution < 1.29 is 9.53 Å². The Morgan fingerprint density at radius 2 is 1.94 bits per heavy atom. The van der Waals surface area contributed by atoms with E-state index in [9.17, 15) is 4.79 Å². The molecule has 4 heteroatoms. The first-order valence-corrected chi connectivity index (χ1v) is 5.32. The van der Waals surface area contributed by atoms with Crippen molar-refractivity contribution in [3.63, 3.8) is 0 Å². The smallest absolute Gasteiger partial charge is 0.205 e. The largest absolute Gasteiger partial charge is 0.378 e. The van der Waals surface area contributed by atoms with Crippen LogP contribution in [0.5, 0.6) is 0 Å². The SMILES string of the molecule is O=C(C=NN1CCOCC1)c1ccccc1. The maximum absolute atomic E-state index is 11.7. The number of morpholine rings is 1. The number of ketones is 1. The lowest BCUT2D eigenvalue weighted by molar-refractivity contribution is 0.0395. The first-order valence-electron chi connectivity index (χ1n) is 5.32. The molecule has 1 heterocycles. The number of ether oxygens (including phenoxy) is 1. The topological polar surface area (TPSA) is 41.9 Å². The molecule has 0 spiro atoms. The highest BCUT2D eigenvalue weighted by molar-refractivity contribution is 6.35. The van der Waals surface area contributed by atoms with Gasteiger partial charge in [0.05, 0.1) is 32.5 Å². The molecule has 1 aliphatic heterocycles. The van der Waals surface area contributed by atoms with Gasteiger partial charge in [0.25, 0.3) is 0 Å². The Labute approximate surface area is 94.5 Å². The molecule has 0 atom stereocenters. The fraction of sp³-hybridized carbons (Fsp3) is 0.333. The molecular weight excluding hydrogens is 204 g/mol. The molecule has 1 aromatic carbocycles. The average molecular weight is 218 g/mol. The first-order chi connectivity index (χ1) is 7.86. The number of nitrogens with zero attached hydrogens (tertiary/aromatic N) is 2. The molecule has 0 aliphatic carbocycles. The number of hydrogen-bond acceptors (Lipinski definition) is 4. The molecule has 1 aromatic rings. The monoisotopic (exact) mass is 218 g/mol. The van der Waals surface area contributed by atoms with Crippen molar-refractivity contribution in [2.45, 2.75) is 0 Å². The number of hydrogen-bond donors (Lipinski definition) is 0. The highest BCUT2D eigenvalue weighted by Gasteiger charge is 2.07. The molecular formula is C12H14N2O2. The van der Waals surface area contributed by atoms with Crippen LogP contribution in [-0.2, 0) is 4.74 Å². The zero-order valence-corrected chi connectivity index (χ0v) is 9.00. The molecule has 16 heavy (non-hydrogen) atoms. The average Bonchev–Trinajstić information content (AvgIpc) is 2.38. The lowest BCUT2D eigenvalue weighted by atomic mass is 10.1. The van der Waals surface area contributed by atoms with Gasteiger partial charge in [0.1, 0.15) is 0 Å². The molecule has 0 saturated carbocycles. The summed E-state index contributed by atoms with van der Waals surface area (Å²) in [5, 5.41) is 5.99. The molecule has 0 amide bonds. The molecule has 0 radical (unpaired) electrons. The van der Waals surface area contributed by atoms with Crippen LogP contribution >= 0.6 is 0 Å². The Hall–Kier alpha value is -1.68. The maximum Gasteiger partial charge on any atom is 0.205 e. The van der Waals surface area contributed by atoms with Crippen LogP contribution in [0.4, 0.5) is 0 Å². The van der Waals surface area contributed by atoms with Gasteiger partial charge < -0.3 is 4.74 Å². The van der Waals surface area contributed by atoms with E-state index in [0.717, 1.165) is 13.1 Å². The molecule has 0 unspecified atom stereocenters. The quantitative estimate of drug-likeness (QED) is 0.565. The second-order valence-electron chi connectivity index (χ2n) is 3.54. The zero-order valence-electron chi connectivity index (χ0n) is 9.00. The fourth-order valence-electron chi connectivity index (χ4n) is 1.48. The summed E-state index contributed by atoms with van der Waals surface area (Å²) in [6.45, 7) is 2.85. The lowest BCUT2D eigenvalue weighted by Gasteiger charge is -2.23. The van der Waals surface area contributed by atoms with Crippen LogP contribution in [0.25, 0.3) is 0 Å². The van der Waals surface area contributed by atoms with Crippen molar-refractivity contribution >= 4 is 12.0 Å². The van der Waals surface area contributed by atoms with Crippen molar-refractivity contribution in [2.24, 2.45) is 5.10 Å². The van der Waals surface area contributed by atoms with E-state index in [1.165, 1.54) is 6.21 Å². The Morgan fingerprint density at radius 3 is 2.62 bits per heavy atom. The van der Waals surface area contributed by atoms with Gasteiger partial charge in [-0.25, -0.2) is 0 Å². The fourth-order valence-corrected chi connectivity index (χ4v) is 1.48. The van der Waals surface area contributed by atoms with Crippen molar-refractivity contribution in [2.75, 3.05) is 26.3 Å². The van der Waals surface area contributed by atoms with Crippen molar-refractivity contribution in [3.05, 3.63) is 35.9 Å². The van der Waals surface area contributed by atoms with Gasteiger partial charge in [-0.15, -0.1) is 0 Å². The molecule has 2 rings (SSSR count). The van der Waals surface area contributed by atoms with Crippen LogP contribution in [0.1, 0.15) is 10.4 Å². The predicted molar refractivity (Wildman–Crippen MR) is 61.7 cm³/mol. The summed E-state index contributed by atoms with van der Waals surface area (Å²) in [7, 11) is 0. The summed E-state index contributed by atoms with van der Waals surface area (Å²) in [5.74, 6) is -0.0629. The Balaban J connectivity index is 1.94. The number of carbonyl (C=O) groups is 1. The van der Waals surface area contributed by atoms with E-state index in [2.05, 4.69) is 5.10 Å². The Bertz CT molecular complexity index is 370. The van der Waals surface area contributed by atoms with E-state index in [0.29, 0.717) is 18.8 Å². The number of carbonyl (C=O) groups excluding carboxylic acids is 1. The minimum absolute atomic E-state index is 0.0629. The molecule has 0 bridgehead atoms. The summed E-state index contributed by atoms with van der Waals surface area (Å²) in [6, 6.07) is 9.14. The predicted octanol–water partition coefficient (Wildman–Crippen LogP) is 1.19. The summed E-state index contributed by atoms with van der Waals surface area (Å²) < 4.78 is 5.19. The van der Waals surface area contributed by atoms with E-state index < -0.39 is 0 Å². The van der Waals surface area contributed by atoms with E-state index in [1.807, 2.05) is 23.2 Å². The van der Waals surface area contributed by atoms with Crippen molar-refractivity contribution in [1.29, 1.82) is 0 Å². The second-order valence-corrected chi connectivity index (χ2v) is 3.54. The molecule has 84 valence electrons. The molecule has 1 aliphatic rings. The molecule has 4 nitrogen and oxygen atoms in total. The molecule has 0 aromatic heterocycles. The summed E-state index contributed by atoms with van der Waals surface area (Å²) in [4.78, 5) is 11.7. The van der Waals surface area contributed by atoms with Crippen LogP contribution < -0.4 is 0 Å². The molecule has 1 saturated heterocycles. The van der Waals surface area contributed by atoms with Gasteiger partial charge in [-0.1, -0.05) is 30.3 Å². The van der Waals surface area contributed by atoms with Crippen LogP contribution in [0, 0.1) is 0 Å². The van der Waals surface area contributed by atoms with E-state index in [-0.39, 0.29) is 5.78 Å². The number of benzene rings is 1. The number of hydrazone groups is 1. The van der Waals surface area contributed by atoms with E-state index in [1.54, 1.807) is 12.1 Å². The third-order valence-corrected chi connectivity index (χ3v) is 2.38. The third kappa shape index (κ3) is 2.90. The van der Waals surface area contributed by atoms with Crippen LogP contribution in [0.3, 0.4) is 0 Å². The van der Waals surface area contributed by atoms with E-state index >= 15 is 0 Å². The second kappa shape index (κ2) is 5.42. The Kier molecular flexibility index (Phi) is 3.66. The highest BCUT2D eigenvalue weighted by Crippen LogP contribution is 2.00. The summed E-state index contributed by atoms with van der Waals surface area (Å²) in [6.07, 6.45) is 1.38. The first kappa shape index (κ1) is 10.8. The maximum atomic E-state index is 11.7. The van der Waals surface area contributed by atoms with Crippen molar-refractivity contribution in [1.82, 2.24) is 5.01 Å².